The van der Waals surface area contributed by atoms with E-state index in [1.165, 1.54) is 23.9 Å². The lowest BCUT2D eigenvalue weighted by molar-refractivity contribution is 0.469. The van der Waals surface area contributed by atoms with Crippen molar-refractivity contribution < 1.29 is 9.13 Å². The highest BCUT2D eigenvalue weighted by atomic mass is 35.5. The molecule has 0 radical (unpaired) electrons. The smallest absolute Gasteiger partial charge is 0.259 e. The van der Waals surface area contributed by atoms with Crippen LogP contribution >= 0.6 is 35.6 Å². The van der Waals surface area contributed by atoms with Gasteiger partial charge in [-0.2, -0.15) is 0 Å². The molecule has 0 bridgehead atoms. The van der Waals surface area contributed by atoms with Crippen molar-refractivity contribution >= 4 is 56.8 Å². The number of nitrogens with zero attached hydrogens (tertiary/aromatic N) is 1. The molecule has 1 fully saturated rings. The Kier molecular flexibility index (Phi) is 5.73. The molecule has 0 aliphatic carbocycles. The van der Waals surface area contributed by atoms with E-state index >= 15 is 0 Å². The number of anilines is 1. The lowest BCUT2D eigenvalue weighted by Gasteiger charge is -2.05. The van der Waals surface area contributed by atoms with E-state index in [1.807, 2.05) is 25.1 Å². The molecule has 0 spiro atoms. The molecule has 3 rings (SSSR count). The van der Waals surface area contributed by atoms with Crippen molar-refractivity contribution in [3.63, 3.8) is 0 Å². The highest BCUT2D eigenvalue weighted by Gasteiger charge is 2.23. The van der Waals surface area contributed by atoms with Gasteiger partial charge in [-0.1, -0.05) is 42.0 Å². The average Bonchev–Trinajstić information content (AvgIpc) is 2.93. The van der Waals surface area contributed by atoms with Gasteiger partial charge in [-0.25, -0.2) is 9.38 Å². The number of ether oxygens (including phenoxy) is 1. The molecule has 1 saturated heterocycles. The highest BCUT2D eigenvalue weighted by Crippen LogP contribution is 2.28. The predicted octanol–water partition coefficient (Wildman–Crippen LogP) is 5.64. The third-order valence-corrected chi connectivity index (χ3v) is 5.04. The number of thiocarbonyl (C=S) groups is 1. The summed E-state index contributed by atoms with van der Waals surface area (Å²) in [5.41, 5.74) is 2.72. The summed E-state index contributed by atoms with van der Waals surface area (Å²) in [7, 11) is 0. The third-order valence-electron chi connectivity index (χ3n) is 3.41. The molecule has 0 amide bonds. The fourth-order valence-corrected chi connectivity index (χ4v) is 3.16. The molecule has 0 aromatic heterocycles. The van der Waals surface area contributed by atoms with Gasteiger partial charge < -0.3 is 10.1 Å². The van der Waals surface area contributed by atoms with Crippen molar-refractivity contribution in [1.29, 1.82) is 0 Å². The maximum Gasteiger partial charge on any atom is 0.259 e. The Morgan fingerprint density at radius 3 is 2.76 bits per heavy atom. The molecule has 2 aromatic rings. The molecule has 7 heteroatoms. The van der Waals surface area contributed by atoms with Crippen LogP contribution in [0, 0.1) is 12.7 Å². The van der Waals surface area contributed by atoms with Crippen LogP contribution in [0.25, 0.3) is 6.08 Å². The maximum atomic E-state index is 12.9. The fourth-order valence-electron chi connectivity index (χ4n) is 2.05. The van der Waals surface area contributed by atoms with Gasteiger partial charge >= 0.3 is 0 Å². The maximum absolute atomic E-state index is 12.9. The molecule has 2 aromatic carbocycles. The second-order valence-electron chi connectivity index (χ2n) is 5.27. The minimum Gasteiger partial charge on any atom is -0.431 e. The summed E-state index contributed by atoms with van der Waals surface area (Å²) >= 11 is 12.7. The van der Waals surface area contributed by atoms with Crippen molar-refractivity contribution in [2.75, 3.05) is 12.0 Å². The van der Waals surface area contributed by atoms with Gasteiger partial charge in [0.05, 0.1) is 0 Å². The van der Waals surface area contributed by atoms with Crippen LogP contribution in [0.3, 0.4) is 0 Å². The summed E-state index contributed by atoms with van der Waals surface area (Å²) in [4.78, 5) is 4.34. The topological polar surface area (TPSA) is 33.6 Å². The predicted molar refractivity (Wildman–Crippen MR) is 108 cm³/mol. The number of aliphatic imine (C=N–C) groups is 1. The molecule has 1 heterocycles. The zero-order chi connectivity index (χ0) is 17.8. The Hall–Kier alpha value is -1.89. The lowest BCUT2D eigenvalue weighted by Crippen LogP contribution is -2.02. The Morgan fingerprint density at radius 1 is 1.28 bits per heavy atom. The number of benzene rings is 2. The number of hydrogen-bond acceptors (Lipinski definition) is 5. The zero-order valence-corrected chi connectivity index (χ0v) is 15.6. The van der Waals surface area contributed by atoms with E-state index in [9.17, 15) is 4.39 Å². The van der Waals surface area contributed by atoms with Crippen LogP contribution in [-0.4, -0.2) is 16.1 Å². The second kappa shape index (κ2) is 7.99. The first kappa shape index (κ1) is 17.9. The van der Waals surface area contributed by atoms with Crippen LogP contribution in [0.2, 0.25) is 5.02 Å². The van der Waals surface area contributed by atoms with Crippen LogP contribution in [0.1, 0.15) is 11.1 Å². The summed E-state index contributed by atoms with van der Waals surface area (Å²) in [6, 6.07) is 11.8. The number of hydrogen-bond donors (Lipinski definition) is 1. The normalized spacial score (nSPS) is 17.2. The van der Waals surface area contributed by atoms with Crippen LogP contribution < -0.4 is 5.32 Å². The van der Waals surface area contributed by atoms with E-state index in [2.05, 4.69) is 10.3 Å². The summed E-state index contributed by atoms with van der Waals surface area (Å²) in [6.45, 7) is 2.29. The van der Waals surface area contributed by atoms with Gasteiger partial charge in [0.25, 0.3) is 5.23 Å². The van der Waals surface area contributed by atoms with Gasteiger partial charge in [-0.05, 0) is 60.2 Å². The summed E-state index contributed by atoms with van der Waals surface area (Å²) in [5, 5.41) is 4.34. The van der Waals surface area contributed by atoms with Crippen molar-refractivity contribution in [2.45, 2.75) is 6.92 Å². The van der Waals surface area contributed by atoms with E-state index in [4.69, 9.17) is 28.6 Å². The average molecular weight is 393 g/mol. The summed E-state index contributed by atoms with van der Waals surface area (Å²) in [6.07, 6.45) is 1.77. The number of thioether (sulfide) groups is 1. The molecule has 0 unspecified atom stereocenters. The molecule has 25 heavy (non-hydrogen) atoms. The first-order valence-corrected chi connectivity index (χ1v) is 9.03. The Labute approximate surface area is 159 Å². The molecule has 1 aliphatic heterocycles. The Morgan fingerprint density at radius 2 is 2.04 bits per heavy atom. The fraction of sp³-hybridized carbons (Fsp3) is 0.111. The Bertz CT molecular complexity index is 866. The highest BCUT2D eigenvalue weighted by molar-refractivity contribution is 8.33. The lowest BCUT2D eigenvalue weighted by atomic mass is 10.2. The molecular weight excluding hydrogens is 379 g/mol. The second-order valence-corrected chi connectivity index (χ2v) is 7.31. The van der Waals surface area contributed by atoms with Gasteiger partial charge in [-0.3, -0.25) is 0 Å². The molecule has 1 N–H and O–H groups in total. The first-order chi connectivity index (χ1) is 12.0. The van der Waals surface area contributed by atoms with E-state index < -0.39 is 0 Å². The number of rotatable bonds is 4. The summed E-state index contributed by atoms with van der Waals surface area (Å²) < 4.78 is 19.2. The molecule has 3 nitrogen and oxygen atoms in total. The van der Waals surface area contributed by atoms with Gasteiger partial charge in [0.2, 0.25) is 0 Å². The standard InChI is InChI=1S/C18H14ClFN2OS2/c1-11-2-7-14(9-15(11)19)21-10-22-18-23-16(17(24)25-18)8-12-3-5-13(20)6-4-12/h2-9,21H,10H2,1H3/b16-8-,22-18?. The molecular formula is C18H14ClFN2OS2. The van der Waals surface area contributed by atoms with Crippen molar-refractivity contribution in [3.8, 4) is 0 Å². The number of aryl methyl sites for hydroxylation is 1. The molecule has 1 aliphatic rings. The van der Waals surface area contributed by atoms with Gasteiger partial charge in [0.1, 0.15) is 16.7 Å². The van der Waals surface area contributed by atoms with Crippen LogP contribution in [0.5, 0.6) is 0 Å². The SMILES string of the molecule is Cc1ccc(NCN=C2O/C(=C\c3ccc(F)cc3)C(=S)S2)cc1Cl. The number of nitrogens with one attached hydrogen (secondary N) is 1. The molecule has 0 saturated carbocycles. The van der Waals surface area contributed by atoms with Crippen molar-refractivity contribution in [2.24, 2.45) is 4.99 Å². The minimum absolute atomic E-state index is 0.282. The first-order valence-electron chi connectivity index (χ1n) is 7.43. The van der Waals surface area contributed by atoms with E-state index in [0.717, 1.165) is 16.8 Å². The van der Waals surface area contributed by atoms with Crippen LogP contribution in [-0.2, 0) is 4.74 Å². The molecule has 128 valence electrons. The molecule has 0 atom stereocenters. The third kappa shape index (κ3) is 4.81. The van der Waals surface area contributed by atoms with Crippen LogP contribution in [0.4, 0.5) is 10.1 Å². The van der Waals surface area contributed by atoms with Gasteiger partial charge in [0.15, 0.2) is 5.76 Å². The minimum atomic E-state index is -0.282. The summed E-state index contributed by atoms with van der Waals surface area (Å²) in [5.74, 6) is 0.264. The van der Waals surface area contributed by atoms with E-state index in [0.29, 0.717) is 26.9 Å². The quantitative estimate of drug-likeness (QED) is 0.538. The van der Waals surface area contributed by atoms with Gasteiger partial charge in [0, 0.05) is 10.7 Å². The largest absolute Gasteiger partial charge is 0.431 e. The monoisotopic (exact) mass is 392 g/mol. The zero-order valence-electron chi connectivity index (χ0n) is 13.3. The van der Waals surface area contributed by atoms with Gasteiger partial charge in [-0.15, -0.1) is 0 Å². The van der Waals surface area contributed by atoms with Crippen LogP contribution in [0.15, 0.2) is 53.2 Å². The van der Waals surface area contributed by atoms with Crippen molar-refractivity contribution in [1.82, 2.24) is 0 Å². The van der Waals surface area contributed by atoms with E-state index in [-0.39, 0.29) is 5.82 Å². The van der Waals surface area contributed by atoms with E-state index in [1.54, 1.807) is 18.2 Å². The Balaban J connectivity index is 1.62. The number of halogens is 2. The van der Waals surface area contributed by atoms with Crippen molar-refractivity contribution in [3.05, 3.63) is 70.2 Å².